The Morgan fingerprint density at radius 3 is 2.30 bits per heavy atom. The summed E-state index contributed by atoms with van der Waals surface area (Å²) in [5.74, 6) is -0.582. The Morgan fingerprint density at radius 2 is 1.80 bits per heavy atom. The standard InChI is InChI=1S/C14H15FN4S/c1-7-8(2)18-14(19-9(7)3)20-12-5-4-10(13(16)17)6-11(12)15/h4-6H,1-3H3,(H3,16,17). The highest BCUT2D eigenvalue weighted by atomic mass is 32.2. The second kappa shape index (κ2) is 5.58. The minimum atomic E-state index is -0.429. The molecule has 2 aromatic rings. The summed E-state index contributed by atoms with van der Waals surface area (Å²) in [7, 11) is 0. The van der Waals surface area contributed by atoms with Gasteiger partial charge in [0, 0.05) is 17.0 Å². The molecular formula is C14H15FN4S. The molecule has 0 bridgehead atoms. The van der Waals surface area contributed by atoms with Crippen LogP contribution < -0.4 is 5.73 Å². The predicted molar refractivity (Wildman–Crippen MR) is 77.8 cm³/mol. The Hall–Kier alpha value is -1.95. The first-order valence-electron chi connectivity index (χ1n) is 6.02. The number of nitrogen functional groups attached to an aromatic ring is 1. The smallest absolute Gasteiger partial charge is 0.192 e. The molecule has 0 aliphatic carbocycles. The van der Waals surface area contributed by atoms with Crippen molar-refractivity contribution in [2.45, 2.75) is 30.8 Å². The lowest BCUT2D eigenvalue weighted by Crippen LogP contribution is -2.11. The molecule has 0 saturated carbocycles. The van der Waals surface area contributed by atoms with Crippen LogP contribution in [0.15, 0.2) is 28.3 Å². The van der Waals surface area contributed by atoms with E-state index in [1.54, 1.807) is 12.1 Å². The van der Waals surface area contributed by atoms with Crippen molar-refractivity contribution >= 4 is 17.6 Å². The first-order chi connectivity index (χ1) is 9.38. The van der Waals surface area contributed by atoms with Crippen LogP contribution in [0.5, 0.6) is 0 Å². The summed E-state index contributed by atoms with van der Waals surface area (Å²) in [6.07, 6.45) is 0. The van der Waals surface area contributed by atoms with Crippen molar-refractivity contribution in [2.24, 2.45) is 5.73 Å². The summed E-state index contributed by atoms with van der Waals surface area (Å²) in [5, 5.41) is 7.80. The minimum absolute atomic E-state index is 0.154. The number of amidine groups is 1. The average Bonchev–Trinajstić information content (AvgIpc) is 2.38. The SMILES string of the molecule is Cc1nc(Sc2ccc(C(=N)N)cc2F)nc(C)c1C. The van der Waals surface area contributed by atoms with Crippen molar-refractivity contribution in [3.05, 3.63) is 46.5 Å². The van der Waals surface area contributed by atoms with Crippen molar-refractivity contribution in [1.29, 1.82) is 5.41 Å². The third kappa shape index (κ3) is 2.96. The van der Waals surface area contributed by atoms with E-state index in [4.69, 9.17) is 11.1 Å². The second-order valence-corrected chi connectivity index (χ2v) is 5.47. The van der Waals surface area contributed by atoms with Gasteiger partial charge in [0.2, 0.25) is 0 Å². The van der Waals surface area contributed by atoms with Crippen molar-refractivity contribution in [3.8, 4) is 0 Å². The van der Waals surface area contributed by atoms with Crippen molar-refractivity contribution in [2.75, 3.05) is 0 Å². The van der Waals surface area contributed by atoms with E-state index in [9.17, 15) is 4.39 Å². The molecule has 0 aliphatic rings. The molecule has 0 fully saturated rings. The molecule has 4 nitrogen and oxygen atoms in total. The summed E-state index contributed by atoms with van der Waals surface area (Å²) in [5.41, 5.74) is 8.51. The number of halogens is 1. The fourth-order valence-corrected chi connectivity index (χ4v) is 2.49. The van der Waals surface area contributed by atoms with Crippen LogP contribution in [-0.4, -0.2) is 15.8 Å². The summed E-state index contributed by atoms with van der Waals surface area (Å²) in [6, 6.07) is 4.45. The van der Waals surface area contributed by atoms with Crippen LogP contribution in [0.4, 0.5) is 4.39 Å². The molecule has 1 aromatic carbocycles. The van der Waals surface area contributed by atoms with Crippen LogP contribution >= 0.6 is 11.8 Å². The number of nitrogens with zero attached hydrogens (tertiary/aromatic N) is 2. The molecule has 0 aliphatic heterocycles. The highest BCUT2D eigenvalue weighted by Crippen LogP contribution is 2.28. The summed E-state index contributed by atoms with van der Waals surface area (Å²) in [6.45, 7) is 5.77. The zero-order chi connectivity index (χ0) is 14.9. The zero-order valence-electron chi connectivity index (χ0n) is 11.5. The fourth-order valence-electron chi connectivity index (χ4n) is 1.64. The van der Waals surface area contributed by atoms with E-state index in [2.05, 4.69) is 9.97 Å². The van der Waals surface area contributed by atoms with Crippen LogP contribution in [0.2, 0.25) is 0 Å². The van der Waals surface area contributed by atoms with Crippen molar-refractivity contribution in [1.82, 2.24) is 9.97 Å². The third-order valence-electron chi connectivity index (χ3n) is 3.06. The van der Waals surface area contributed by atoms with Crippen LogP contribution in [0.3, 0.4) is 0 Å². The van der Waals surface area contributed by atoms with E-state index in [0.717, 1.165) is 28.7 Å². The Bertz CT molecular complexity index is 662. The van der Waals surface area contributed by atoms with Crippen LogP contribution in [-0.2, 0) is 0 Å². The van der Waals surface area contributed by atoms with Gasteiger partial charge in [0.15, 0.2) is 5.16 Å². The number of hydrogen-bond donors (Lipinski definition) is 2. The molecule has 104 valence electrons. The molecule has 0 saturated heterocycles. The van der Waals surface area contributed by atoms with Gasteiger partial charge in [-0.3, -0.25) is 5.41 Å². The zero-order valence-corrected chi connectivity index (χ0v) is 12.3. The number of hydrogen-bond acceptors (Lipinski definition) is 4. The summed E-state index contributed by atoms with van der Waals surface area (Å²) < 4.78 is 13.9. The monoisotopic (exact) mass is 290 g/mol. The van der Waals surface area contributed by atoms with Crippen LogP contribution in [0.25, 0.3) is 0 Å². The van der Waals surface area contributed by atoms with E-state index in [1.807, 2.05) is 20.8 Å². The Balaban J connectivity index is 2.33. The summed E-state index contributed by atoms with van der Waals surface area (Å²) >= 11 is 1.16. The molecule has 3 N–H and O–H groups in total. The third-order valence-corrected chi connectivity index (χ3v) is 3.97. The van der Waals surface area contributed by atoms with Crippen LogP contribution in [0, 0.1) is 32.0 Å². The lowest BCUT2D eigenvalue weighted by atomic mass is 10.2. The molecule has 0 radical (unpaired) electrons. The Labute approximate surface area is 121 Å². The molecule has 1 aromatic heterocycles. The average molecular weight is 290 g/mol. The molecule has 6 heteroatoms. The van der Waals surface area contributed by atoms with E-state index in [1.165, 1.54) is 6.07 Å². The van der Waals surface area contributed by atoms with Crippen molar-refractivity contribution in [3.63, 3.8) is 0 Å². The highest BCUT2D eigenvalue weighted by molar-refractivity contribution is 7.99. The second-order valence-electron chi connectivity index (χ2n) is 4.46. The van der Waals surface area contributed by atoms with Gasteiger partial charge >= 0.3 is 0 Å². The Morgan fingerprint density at radius 1 is 1.20 bits per heavy atom. The predicted octanol–water partition coefficient (Wildman–Crippen LogP) is 2.98. The molecule has 0 spiro atoms. The van der Waals surface area contributed by atoms with Gasteiger partial charge in [-0.2, -0.15) is 0 Å². The van der Waals surface area contributed by atoms with Gasteiger partial charge in [-0.05, 0) is 56.3 Å². The van der Waals surface area contributed by atoms with Gasteiger partial charge in [-0.1, -0.05) is 0 Å². The number of nitrogens with one attached hydrogen (secondary N) is 1. The van der Waals surface area contributed by atoms with Gasteiger partial charge in [0.25, 0.3) is 0 Å². The number of nitrogens with two attached hydrogens (primary N) is 1. The molecular weight excluding hydrogens is 275 g/mol. The van der Waals surface area contributed by atoms with Gasteiger partial charge in [0.05, 0.1) is 4.90 Å². The molecule has 0 unspecified atom stereocenters. The minimum Gasteiger partial charge on any atom is -0.384 e. The maximum Gasteiger partial charge on any atom is 0.192 e. The van der Waals surface area contributed by atoms with Gasteiger partial charge < -0.3 is 5.73 Å². The van der Waals surface area contributed by atoms with Crippen LogP contribution in [0.1, 0.15) is 22.5 Å². The maximum absolute atomic E-state index is 13.9. The number of aromatic nitrogens is 2. The van der Waals surface area contributed by atoms with Gasteiger partial charge in [-0.25, -0.2) is 14.4 Å². The highest BCUT2D eigenvalue weighted by Gasteiger charge is 2.11. The van der Waals surface area contributed by atoms with Gasteiger partial charge in [-0.15, -0.1) is 0 Å². The number of rotatable bonds is 3. The number of benzene rings is 1. The van der Waals surface area contributed by atoms with E-state index in [0.29, 0.717) is 15.6 Å². The first kappa shape index (κ1) is 14.5. The molecule has 20 heavy (non-hydrogen) atoms. The largest absolute Gasteiger partial charge is 0.384 e. The summed E-state index contributed by atoms with van der Waals surface area (Å²) in [4.78, 5) is 9.11. The van der Waals surface area contributed by atoms with E-state index >= 15 is 0 Å². The maximum atomic E-state index is 13.9. The molecule has 0 atom stereocenters. The molecule has 0 amide bonds. The normalized spacial score (nSPS) is 10.6. The topological polar surface area (TPSA) is 75.7 Å². The molecule has 1 heterocycles. The first-order valence-corrected chi connectivity index (χ1v) is 6.83. The van der Waals surface area contributed by atoms with E-state index in [-0.39, 0.29) is 5.84 Å². The number of aryl methyl sites for hydroxylation is 2. The molecule has 2 rings (SSSR count). The quantitative estimate of drug-likeness (QED) is 0.517. The Kier molecular flexibility index (Phi) is 4.04. The lowest BCUT2D eigenvalue weighted by molar-refractivity contribution is 0.601. The van der Waals surface area contributed by atoms with Gasteiger partial charge in [0.1, 0.15) is 11.7 Å². The van der Waals surface area contributed by atoms with E-state index < -0.39 is 5.82 Å². The fraction of sp³-hybridized carbons (Fsp3) is 0.214. The van der Waals surface area contributed by atoms with Crippen molar-refractivity contribution < 1.29 is 4.39 Å². The lowest BCUT2D eigenvalue weighted by Gasteiger charge is -2.08.